The lowest BCUT2D eigenvalue weighted by Gasteiger charge is -2.31. The van der Waals surface area contributed by atoms with Crippen LogP contribution < -0.4 is 0 Å². The summed E-state index contributed by atoms with van der Waals surface area (Å²) in [5.41, 5.74) is 0.0127. The highest BCUT2D eigenvalue weighted by Gasteiger charge is 2.29. The summed E-state index contributed by atoms with van der Waals surface area (Å²) < 4.78 is 0. The minimum absolute atomic E-state index is 0.0127. The molecule has 1 aliphatic heterocycles. The molecule has 0 saturated carbocycles. The molecular weight excluding hydrogens is 178 g/mol. The number of hydrogen-bond acceptors (Lipinski definition) is 3. The molecular formula is C11H23NO2. The molecule has 1 aliphatic rings. The zero-order valence-electron chi connectivity index (χ0n) is 9.37. The summed E-state index contributed by atoms with van der Waals surface area (Å²) >= 11 is 0. The van der Waals surface area contributed by atoms with Gasteiger partial charge in [-0.25, -0.2) is 0 Å². The van der Waals surface area contributed by atoms with Crippen LogP contribution in [0.15, 0.2) is 0 Å². The van der Waals surface area contributed by atoms with E-state index in [2.05, 4.69) is 18.7 Å². The van der Waals surface area contributed by atoms with Crippen molar-refractivity contribution in [3.05, 3.63) is 0 Å². The minimum atomic E-state index is -0.153. The molecule has 0 aromatic rings. The van der Waals surface area contributed by atoms with Crippen molar-refractivity contribution in [3.8, 4) is 0 Å². The smallest absolute Gasteiger partial charge is 0.0679 e. The Morgan fingerprint density at radius 3 is 2.64 bits per heavy atom. The number of rotatable bonds is 5. The molecule has 0 aromatic carbocycles. The molecule has 0 bridgehead atoms. The van der Waals surface area contributed by atoms with Gasteiger partial charge in [0.2, 0.25) is 0 Å². The lowest BCUT2D eigenvalue weighted by atomic mass is 9.86. The second-order valence-electron chi connectivity index (χ2n) is 4.90. The second-order valence-corrected chi connectivity index (χ2v) is 4.90. The van der Waals surface area contributed by atoms with Crippen molar-refractivity contribution in [1.82, 2.24) is 4.90 Å². The lowest BCUT2D eigenvalue weighted by molar-refractivity contribution is 0.0823. The second kappa shape index (κ2) is 5.10. The van der Waals surface area contributed by atoms with Gasteiger partial charge >= 0.3 is 0 Å². The van der Waals surface area contributed by atoms with E-state index in [9.17, 15) is 10.2 Å². The van der Waals surface area contributed by atoms with E-state index in [1.807, 2.05) is 0 Å². The van der Waals surface area contributed by atoms with Crippen LogP contribution in [-0.2, 0) is 0 Å². The van der Waals surface area contributed by atoms with Crippen LogP contribution in [0.5, 0.6) is 0 Å². The zero-order chi connectivity index (χ0) is 10.6. The van der Waals surface area contributed by atoms with Gasteiger partial charge in [0.25, 0.3) is 0 Å². The molecule has 0 aromatic heterocycles. The van der Waals surface area contributed by atoms with E-state index < -0.39 is 0 Å². The summed E-state index contributed by atoms with van der Waals surface area (Å²) in [6.45, 7) is 7.18. The molecule has 1 fully saturated rings. The summed E-state index contributed by atoms with van der Waals surface area (Å²) in [6.07, 6.45) is 2.89. The van der Waals surface area contributed by atoms with Gasteiger partial charge in [-0.3, -0.25) is 0 Å². The maximum absolute atomic E-state index is 9.39. The first-order chi connectivity index (χ1) is 6.59. The molecule has 1 heterocycles. The summed E-state index contributed by atoms with van der Waals surface area (Å²) in [7, 11) is 0. The third kappa shape index (κ3) is 3.23. The Bertz CT molecular complexity index is 175. The van der Waals surface area contributed by atoms with Crippen molar-refractivity contribution in [2.45, 2.75) is 39.2 Å². The van der Waals surface area contributed by atoms with E-state index in [4.69, 9.17) is 0 Å². The predicted molar refractivity (Wildman–Crippen MR) is 57.2 cm³/mol. The summed E-state index contributed by atoms with van der Waals surface area (Å²) in [5.74, 6) is 0. The van der Waals surface area contributed by atoms with Crippen LogP contribution in [-0.4, -0.2) is 47.5 Å². The van der Waals surface area contributed by atoms with Crippen molar-refractivity contribution < 1.29 is 10.2 Å². The van der Waals surface area contributed by atoms with Crippen molar-refractivity contribution in [1.29, 1.82) is 0 Å². The van der Waals surface area contributed by atoms with Gasteiger partial charge in [-0.2, -0.15) is 0 Å². The Hall–Kier alpha value is -0.120. The minimum Gasteiger partial charge on any atom is -0.396 e. The predicted octanol–water partition coefficient (Wildman–Crippen LogP) is 0.852. The SMILES string of the molecule is CCCC(C)(CO)CN1CCC(O)C1. The Balaban J connectivity index is 2.39. The average Bonchev–Trinajstić information content (AvgIpc) is 2.51. The van der Waals surface area contributed by atoms with Crippen LogP contribution >= 0.6 is 0 Å². The molecule has 0 spiro atoms. The van der Waals surface area contributed by atoms with Gasteiger partial charge in [0, 0.05) is 31.7 Å². The van der Waals surface area contributed by atoms with Gasteiger partial charge in [-0.1, -0.05) is 20.3 Å². The van der Waals surface area contributed by atoms with Crippen LogP contribution in [0.4, 0.5) is 0 Å². The number of β-amino-alcohol motifs (C(OH)–C–C–N with tert-alkyl or cyclic N) is 1. The molecule has 0 amide bonds. The lowest BCUT2D eigenvalue weighted by Crippen LogP contribution is -2.37. The Kier molecular flexibility index (Phi) is 4.35. The molecule has 1 saturated heterocycles. The number of likely N-dealkylation sites (tertiary alicyclic amines) is 1. The monoisotopic (exact) mass is 201 g/mol. The van der Waals surface area contributed by atoms with Gasteiger partial charge in [0.1, 0.15) is 0 Å². The van der Waals surface area contributed by atoms with Crippen molar-refractivity contribution >= 4 is 0 Å². The van der Waals surface area contributed by atoms with E-state index in [0.717, 1.165) is 38.9 Å². The highest BCUT2D eigenvalue weighted by molar-refractivity contribution is 4.82. The maximum Gasteiger partial charge on any atom is 0.0679 e. The van der Waals surface area contributed by atoms with Gasteiger partial charge in [0.05, 0.1) is 6.10 Å². The summed E-state index contributed by atoms with van der Waals surface area (Å²) in [4.78, 5) is 2.26. The third-order valence-corrected chi connectivity index (χ3v) is 3.09. The zero-order valence-corrected chi connectivity index (χ0v) is 9.37. The van der Waals surface area contributed by atoms with Crippen molar-refractivity contribution in [2.24, 2.45) is 5.41 Å². The number of hydrogen-bond donors (Lipinski definition) is 2. The van der Waals surface area contributed by atoms with Gasteiger partial charge in [-0.05, 0) is 12.8 Å². The normalized spacial score (nSPS) is 27.9. The summed E-state index contributed by atoms with van der Waals surface area (Å²) in [5, 5.41) is 18.7. The highest BCUT2D eigenvalue weighted by atomic mass is 16.3. The highest BCUT2D eigenvalue weighted by Crippen LogP contribution is 2.25. The van der Waals surface area contributed by atoms with Crippen LogP contribution in [0.3, 0.4) is 0 Å². The Labute approximate surface area is 86.7 Å². The molecule has 2 atom stereocenters. The van der Waals surface area contributed by atoms with Gasteiger partial charge in [0.15, 0.2) is 0 Å². The topological polar surface area (TPSA) is 43.7 Å². The molecule has 0 radical (unpaired) electrons. The Morgan fingerprint density at radius 1 is 1.50 bits per heavy atom. The van der Waals surface area contributed by atoms with Crippen LogP contribution in [0.25, 0.3) is 0 Å². The van der Waals surface area contributed by atoms with Crippen LogP contribution in [0, 0.1) is 5.41 Å². The molecule has 84 valence electrons. The average molecular weight is 201 g/mol. The first-order valence-electron chi connectivity index (χ1n) is 5.61. The van der Waals surface area contributed by atoms with Gasteiger partial charge < -0.3 is 15.1 Å². The standard InChI is InChI=1S/C11H23NO2/c1-3-5-11(2,9-13)8-12-6-4-10(14)7-12/h10,13-14H,3-9H2,1-2H3. The first-order valence-corrected chi connectivity index (χ1v) is 5.61. The van der Waals surface area contributed by atoms with E-state index in [0.29, 0.717) is 0 Å². The fraction of sp³-hybridized carbons (Fsp3) is 1.00. The van der Waals surface area contributed by atoms with E-state index in [1.54, 1.807) is 0 Å². The fourth-order valence-corrected chi connectivity index (χ4v) is 2.31. The largest absolute Gasteiger partial charge is 0.396 e. The first kappa shape index (κ1) is 12.0. The Morgan fingerprint density at radius 2 is 2.21 bits per heavy atom. The van der Waals surface area contributed by atoms with Crippen LogP contribution in [0.2, 0.25) is 0 Å². The molecule has 2 unspecified atom stereocenters. The van der Waals surface area contributed by atoms with E-state index in [-0.39, 0.29) is 18.1 Å². The van der Waals surface area contributed by atoms with E-state index >= 15 is 0 Å². The van der Waals surface area contributed by atoms with Crippen molar-refractivity contribution in [2.75, 3.05) is 26.2 Å². The molecule has 3 nitrogen and oxygen atoms in total. The maximum atomic E-state index is 9.39. The van der Waals surface area contributed by atoms with Gasteiger partial charge in [-0.15, -0.1) is 0 Å². The summed E-state index contributed by atoms with van der Waals surface area (Å²) in [6, 6.07) is 0. The molecule has 3 heteroatoms. The number of nitrogens with zero attached hydrogens (tertiary/aromatic N) is 1. The molecule has 2 N–H and O–H groups in total. The third-order valence-electron chi connectivity index (χ3n) is 3.09. The number of aliphatic hydroxyl groups excluding tert-OH is 2. The van der Waals surface area contributed by atoms with Crippen molar-refractivity contribution in [3.63, 3.8) is 0 Å². The number of aliphatic hydroxyl groups is 2. The molecule has 1 rings (SSSR count). The molecule has 0 aliphatic carbocycles. The quantitative estimate of drug-likeness (QED) is 0.693. The molecule has 14 heavy (non-hydrogen) atoms. The van der Waals surface area contributed by atoms with Crippen LogP contribution in [0.1, 0.15) is 33.1 Å². The van der Waals surface area contributed by atoms with E-state index in [1.165, 1.54) is 0 Å². The fourth-order valence-electron chi connectivity index (χ4n) is 2.31.